The molecular formula is N4NpO12-4. The summed E-state index contributed by atoms with van der Waals surface area (Å²) in [7, 11) is 0. The standard InChI is InChI=1S/4NO3.Np/c4*2-1(3)4;/q4*-1;. The van der Waals surface area contributed by atoms with Gasteiger partial charge in [-0.3, -0.25) is 0 Å². The van der Waals surface area contributed by atoms with E-state index in [1.54, 1.807) is 0 Å². The minimum atomic E-state index is -1.75. The van der Waals surface area contributed by atoms with Crippen LogP contribution in [0.1, 0.15) is 0 Å². The van der Waals surface area contributed by atoms with Gasteiger partial charge in [0.15, 0.2) is 0 Å². The van der Waals surface area contributed by atoms with Gasteiger partial charge in [0, 0.05) is 29.9 Å². The molecule has 0 rings (SSSR count). The summed E-state index contributed by atoms with van der Waals surface area (Å²) in [5.41, 5.74) is 0. The molecule has 0 aromatic carbocycles. The van der Waals surface area contributed by atoms with Crippen LogP contribution < -0.4 is 0 Å². The summed E-state index contributed by atoms with van der Waals surface area (Å²) in [5.74, 6) is 0. The largest absolute Gasteiger partial charge is 0.356 e. The van der Waals surface area contributed by atoms with Crippen molar-refractivity contribution < 1.29 is 50.3 Å². The molecule has 17 heteroatoms. The molecule has 0 aliphatic rings. The minimum Gasteiger partial charge on any atom is -0.356 e. The zero-order chi connectivity index (χ0) is 14.3. The third-order valence-corrected chi connectivity index (χ3v) is 0. The van der Waals surface area contributed by atoms with Gasteiger partial charge in [0.2, 0.25) is 0 Å². The SMILES string of the molecule is O=[N+]([O-])[O-].O=[N+]([O-])[O-].O=[N+]([O-])[O-].O=[N+]([O-])[O-].[Np]. The Morgan fingerprint density at radius 1 is 0.412 bits per heavy atom. The van der Waals surface area contributed by atoms with E-state index < -0.39 is 20.3 Å². The zero-order valence-corrected chi connectivity index (χ0v) is 10.9. The third-order valence-electron chi connectivity index (χ3n) is 0. The maximum absolute atomic E-state index is 8.25. The molecule has 0 aliphatic heterocycles. The van der Waals surface area contributed by atoms with Crippen molar-refractivity contribution >= 4 is 0 Å². The average Bonchev–Trinajstić information content (AvgIpc) is 1.76. The molecule has 16 nitrogen and oxygen atoms in total. The van der Waals surface area contributed by atoms with E-state index in [0.29, 0.717) is 0 Å². The Kier molecular flexibility index (Phi) is 40.7. The Hall–Kier alpha value is -2.19. The normalized spacial score (nSPS) is 5.65. The fourth-order valence-corrected chi connectivity index (χ4v) is 0. The van der Waals surface area contributed by atoms with Crippen molar-refractivity contribution in [3.8, 4) is 0 Å². The van der Waals surface area contributed by atoms with E-state index in [1.807, 2.05) is 0 Å². The number of rotatable bonds is 0. The van der Waals surface area contributed by atoms with Gasteiger partial charge < -0.3 is 61.3 Å². The van der Waals surface area contributed by atoms with E-state index in [9.17, 15) is 0 Å². The Bertz CT molecular complexity index is 159. The van der Waals surface area contributed by atoms with Crippen LogP contribution in [0, 0.1) is 91.2 Å². The Labute approximate surface area is 112 Å². The van der Waals surface area contributed by atoms with E-state index in [0.717, 1.165) is 0 Å². The van der Waals surface area contributed by atoms with Gasteiger partial charge in [-0.2, -0.15) is 0 Å². The van der Waals surface area contributed by atoms with Gasteiger partial charge in [-0.05, 0) is 0 Å². The first-order valence-corrected chi connectivity index (χ1v) is 2.19. The van der Waals surface area contributed by atoms with E-state index in [2.05, 4.69) is 0 Å². The smallest absolute Gasteiger partial charge is 0.0689 e. The number of nitrogens with zero attached hydrogens (tertiary/aromatic N) is 4. The average molecular weight is 485 g/mol. The van der Waals surface area contributed by atoms with Gasteiger partial charge in [0.25, 0.3) is 0 Å². The molecule has 0 bridgehead atoms. The van der Waals surface area contributed by atoms with Crippen LogP contribution in [0.4, 0.5) is 0 Å². The molecule has 0 saturated carbocycles. The van der Waals surface area contributed by atoms with Crippen LogP contribution in [0.5, 0.6) is 0 Å². The van der Waals surface area contributed by atoms with E-state index in [-0.39, 0.29) is 29.9 Å². The van der Waals surface area contributed by atoms with Gasteiger partial charge in [0.05, 0.1) is 20.3 Å². The predicted molar refractivity (Wildman–Crippen MR) is 41.4 cm³/mol. The summed E-state index contributed by atoms with van der Waals surface area (Å²) in [4.78, 5) is 33.0. The molecule has 0 unspecified atom stereocenters. The summed E-state index contributed by atoms with van der Waals surface area (Å²) in [5, 5.41) is 59.0. The van der Waals surface area contributed by atoms with Crippen LogP contribution >= 0.6 is 0 Å². The molecule has 0 saturated heterocycles. The molecule has 0 spiro atoms. The number of hydrogen-bond donors (Lipinski definition) is 0. The van der Waals surface area contributed by atoms with Gasteiger partial charge in [-0.25, -0.2) is 0 Å². The molecule has 0 heterocycles. The second kappa shape index (κ2) is 23.5. The quantitative estimate of drug-likeness (QED) is 0.297. The molecule has 17 heavy (non-hydrogen) atoms. The van der Waals surface area contributed by atoms with Gasteiger partial charge >= 0.3 is 0 Å². The van der Waals surface area contributed by atoms with E-state index in [4.69, 9.17) is 61.3 Å². The fourth-order valence-electron chi connectivity index (χ4n) is 0. The maximum Gasteiger partial charge on any atom is 0.0689 e. The molecule has 0 fully saturated rings. The predicted octanol–water partition coefficient (Wildman–Crippen LogP) is -0.956. The molecule has 0 aromatic heterocycles. The van der Waals surface area contributed by atoms with Crippen LogP contribution in [-0.2, 0) is 0 Å². The Morgan fingerprint density at radius 2 is 0.412 bits per heavy atom. The van der Waals surface area contributed by atoms with Crippen molar-refractivity contribution in [3.63, 3.8) is 0 Å². The van der Waals surface area contributed by atoms with Crippen molar-refractivity contribution in [1.82, 2.24) is 0 Å². The van der Waals surface area contributed by atoms with Crippen molar-refractivity contribution in [2.45, 2.75) is 0 Å². The fraction of sp³-hybridized carbons (Fsp3) is 0. The second-order valence-corrected chi connectivity index (χ2v) is 0.894. The van der Waals surface area contributed by atoms with Crippen molar-refractivity contribution in [1.29, 1.82) is 0 Å². The summed E-state index contributed by atoms with van der Waals surface area (Å²) in [6.07, 6.45) is 0. The first-order valence-electron chi connectivity index (χ1n) is 2.19. The molecule has 0 amide bonds. The molecule has 0 aliphatic carbocycles. The summed E-state index contributed by atoms with van der Waals surface area (Å²) in [6.45, 7) is 0. The maximum atomic E-state index is 8.25. The van der Waals surface area contributed by atoms with E-state index >= 15 is 0 Å². The second-order valence-electron chi connectivity index (χ2n) is 0.894. The molecule has 101 valence electrons. The monoisotopic (exact) mass is 484 g/mol. The molecule has 1 radical (unpaired) electrons. The molecule has 0 aromatic rings. The topological polar surface area (TPSA) is 265 Å². The minimum absolute atomic E-state index is 0. The molecular weight excluding hydrogens is 485 g/mol. The number of hydrogen-bond acceptors (Lipinski definition) is 12. The molecule has 0 atom stereocenters. The van der Waals surface area contributed by atoms with Crippen LogP contribution in [0.2, 0.25) is 0 Å². The Morgan fingerprint density at radius 3 is 0.412 bits per heavy atom. The summed E-state index contributed by atoms with van der Waals surface area (Å²) >= 11 is 0. The van der Waals surface area contributed by atoms with Gasteiger partial charge in [0.1, 0.15) is 0 Å². The van der Waals surface area contributed by atoms with Crippen molar-refractivity contribution in [3.05, 3.63) is 61.3 Å². The van der Waals surface area contributed by atoms with Gasteiger partial charge in [-0.15, -0.1) is 0 Å². The summed E-state index contributed by atoms with van der Waals surface area (Å²) < 4.78 is 0. The Balaban J connectivity index is -0.0000000369. The van der Waals surface area contributed by atoms with Crippen molar-refractivity contribution in [2.24, 2.45) is 0 Å². The van der Waals surface area contributed by atoms with Crippen LogP contribution in [-0.4, -0.2) is 20.3 Å². The molecule has 0 N–H and O–H groups in total. The first-order chi connectivity index (χ1) is 6.93. The van der Waals surface area contributed by atoms with Crippen LogP contribution in [0.25, 0.3) is 0 Å². The van der Waals surface area contributed by atoms with E-state index in [1.165, 1.54) is 0 Å². The van der Waals surface area contributed by atoms with Gasteiger partial charge in [-0.1, -0.05) is 0 Å². The van der Waals surface area contributed by atoms with Crippen LogP contribution in [0.15, 0.2) is 0 Å². The third kappa shape index (κ3) is 403. The van der Waals surface area contributed by atoms with Crippen LogP contribution in [0.3, 0.4) is 0 Å². The summed E-state index contributed by atoms with van der Waals surface area (Å²) in [6, 6.07) is 0. The first kappa shape index (κ1) is 29.4. The zero-order valence-electron chi connectivity index (χ0n) is 7.14. The van der Waals surface area contributed by atoms with Crippen molar-refractivity contribution in [2.75, 3.05) is 0 Å².